The molecule has 4 rings (SSSR count). The van der Waals surface area contributed by atoms with Gasteiger partial charge in [0.25, 0.3) is 11.8 Å². The van der Waals surface area contributed by atoms with Crippen LogP contribution in [0.1, 0.15) is 77.8 Å². The summed E-state index contributed by atoms with van der Waals surface area (Å²) >= 11 is 0. The van der Waals surface area contributed by atoms with Crippen molar-refractivity contribution >= 4 is 17.5 Å². The van der Waals surface area contributed by atoms with E-state index in [9.17, 15) is 9.59 Å². The van der Waals surface area contributed by atoms with Crippen molar-refractivity contribution in [3.8, 4) is 0 Å². The fraction of sp³-hybridized carbons (Fsp3) is 0.522. The van der Waals surface area contributed by atoms with Crippen molar-refractivity contribution in [2.24, 2.45) is 0 Å². The summed E-state index contributed by atoms with van der Waals surface area (Å²) < 4.78 is 1.97. The second-order valence-corrected chi connectivity index (χ2v) is 8.01. The molecule has 0 aliphatic carbocycles. The largest absolute Gasteiger partial charge is 0.337 e. The van der Waals surface area contributed by atoms with Gasteiger partial charge < -0.3 is 14.8 Å². The van der Waals surface area contributed by atoms with Gasteiger partial charge in [-0.3, -0.25) is 9.59 Å². The Morgan fingerprint density at radius 3 is 2.48 bits per heavy atom. The number of aromatic nitrogens is 2. The van der Waals surface area contributed by atoms with Crippen LogP contribution in [0.25, 0.3) is 0 Å². The van der Waals surface area contributed by atoms with Gasteiger partial charge in [0.1, 0.15) is 5.69 Å². The molecule has 2 aliphatic rings. The van der Waals surface area contributed by atoms with Gasteiger partial charge in [0.15, 0.2) is 5.82 Å². The van der Waals surface area contributed by atoms with Gasteiger partial charge in [0.05, 0.1) is 5.69 Å². The second kappa shape index (κ2) is 8.80. The summed E-state index contributed by atoms with van der Waals surface area (Å²) in [4.78, 5) is 32.9. The standard InChI is InChI=1S/C23H30N4O2/c1-2-17-11-5-6-12-18(17)24-22(28)21-25-20(19-13-7-10-16-27(19)21)23(29)26-14-8-3-4-9-15-26/h5-6,11-12H,2-4,7-10,13-16H2,1H3,(H,24,28). The van der Waals surface area contributed by atoms with Crippen LogP contribution in [-0.4, -0.2) is 39.4 Å². The lowest BCUT2D eigenvalue weighted by Gasteiger charge is -2.21. The molecular formula is C23H30N4O2. The van der Waals surface area contributed by atoms with Crippen molar-refractivity contribution in [1.82, 2.24) is 14.5 Å². The molecule has 1 aromatic heterocycles. The molecule has 1 saturated heterocycles. The van der Waals surface area contributed by atoms with E-state index in [1.165, 1.54) is 12.8 Å². The number of likely N-dealkylation sites (tertiary alicyclic amines) is 1. The summed E-state index contributed by atoms with van der Waals surface area (Å²) in [6, 6.07) is 7.83. The van der Waals surface area contributed by atoms with Gasteiger partial charge in [-0.05, 0) is 50.2 Å². The number of nitrogens with one attached hydrogen (secondary N) is 1. The van der Waals surface area contributed by atoms with Gasteiger partial charge in [-0.15, -0.1) is 0 Å². The first-order valence-electron chi connectivity index (χ1n) is 11.0. The van der Waals surface area contributed by atoms with Gasteiger partial charge in [-0.25, -0.2) is 4.98 Å². The molecule has 6 nitrogen and oxygen atoms in total. The molecule has 1 fully saturated rings. The Kier molecular flexibility index (Phi) is 5.97. The van der Waals surface area contributed by atoms with Crippen LogP contribution in [0.4, 0.5) is 5.69 Å². The number of hydrogen-bond acceptors (Lipinski definition) is 3. The molecule has 0 unspecified atom stereocenters. The predicted molar refractivity (Wildman–Crippen MR) is 113 cm³/mol. The van der Waals surface area contributed by atoms with Crippen molar-refractivity contribution in [2.45, 2.75) is 64.8 Å². The van der Waals surface area contributed by atoms with E-state index < -0.39 is 0 Å². The Morgan fingerprint density at radius 1 is 1.00 bits per heavy atom. The highest BCUT2D eigenvalue weighted by Gasteiger charge is 2.30. The third kappa shape index (κ3) is 4.07. The number of aryl methyl sites for hydroxylation is 1. The van der Waals surface area contributed by atoms with Crippen molar-refractivity contribution < 1.29 is 9.59 Å². The Bertz CT molecular complexity index is 894. The zero-order valence-corrected chi connectivity index (χ0v) is 17.2. The number of nitrogens with zero attached hydrogens (tertiary/aromatic N) is 3. The third-order valence-electron chi connectivity index (χ3n) is 6.06. The average molecular weight is 395 g/mol. The number of anilines is 1. The Hall–Kier alpha value is -2.63. The van der Waals surface area contributed by atoms with Crippen LogP contribution in [-0.2, 0) is 19.4 Å². The van der Waals surface area contributed by atoms with E-state index in [0.29, 0.717) is 11.5 Å². The fourth-order valence-electron chi connectivity index (χ4n) is 4.44. The summed E-state index contributed by atoms with van der Waals surface area (Å²) in [6.07, 6.45) is 8.13. The normalized spacial score (nSPS) is 16.8. The van der Waals surface area contributed by atoms with Crippen LogP contribution in [0, 0.1) is 0 Å². The molecule has 154 valence electrons. The Balaban J connectivity index is 1.64. The quantitative estimate of drug-likeness (QED) is 0.851. The van der Waals surface area contributed by atoms with E-state index in [1.54, 1.807) is 0 Å². The smallest absolute Gasteiger partial charge is 0.291 e. The van der Waals surface area contributed by atoms with E-state index in [-0.39, 0.29) is 11.8 Å². The second-order valence-electron chi connectivity index (χ2n) is 8.01. The summed E-state index contributed by atoms with van der Waals surface area (Å²) in [7, 11) is 0. The van der Waals surface area contributed by atoms with Gasteiger partial charge in [0, 0.05) is 25.3 Å². The first kappa shape index (κ1) is 19.7. The van der Waals surface area contributed by atoms with E-state index in [2.05, 4.69) is 17.2 Å². The molecule has 2 aliphatic heterocycles. The first-order valence-corrected chi connectivity index (χ1v) is 11.0. The first-order chi connectivity index (χ1) is 14.2. The third-order valence-corrected chi connectivity index (χ3v) is 6.06. The van der Waals surface area contributed by atoms with Crippen LogP contribution in [0.3, 0.4) is 0 Å². The molecule has 29 heavy (non-hydrogen) atoms. The molecule has 0 bridgehead atoms. The lowest BCUT2D eigenvalue weighted by Crippen LogP contribution is -2.33. The van der Waals surface area contributed by atoms with Crippen molar-refractivity contribution in [3.63, 3.8) is 0 Å². The molecule has 6 heteroatoms. The van der Waals surface area contributed by atoms with Crippen molar-refractivity contribution in [2.75, 3.05) is 18.4 Å². The van der Waals surface area contributed by atoms with Gasteiger partial charge in [-0.1, -0.05) is 38.0 Å². The molecule has 0 atom stereocenters. The minimum Gasteiger partial charge on any atom is -0.337 e. The number of imidazole rings is 1. The molecule has 1 aromatic carbocycles. The highest BCUT2D eigenvalue weighted by atomic mass is 16.2. The van der Waals surface area contributed by atoms with Crippen LogP contribution < -0.4 is 5.32 Å². The summed E-state index contributed by atoms with van der Waals surface area (Å²) in [5.74, 6) is 0.123. The molecule has 2 aromatic rings. The molecule has 0 spiro atoms. The number of carbonyl (C=O) groups is 2. The number of hydrogen-bond donors (Lipinski definition) is 1. The minimum absolute atomic E-state index is 0.00874. The van der Waals surface area contributed by atoms with E-state index in [1.807, 2.05) is 33.7 Å². The monoisotopic (exact) mass is 394 g/mol. The maximum Gasteiger partial charge on any atom is 0.291 e. The minimum atomic E-state index is -0.232. The van der Waals surface area contributed by atoms with Crippen LogP contribution in [0.5, 0.6) is 0 Å². The van der Waals surface area contributed by atoms with Crippen LogP contribution >= 0.6 is 0 Å². The predicted octanol–water partition coefficient (Wildman–Crippen LogP) is 4.05. The summed E-state index contributed by atoms with van der Waals surface area (Å²) in [5, 5.41) is 3.02. The molecule has 0 radical (unpaired) electrons. The van der Waals surface area contributed by atoms with Crippen molar-refractivity contribution in [1.29, 1.82) is 0 Å². The number of carbonyl (C=O) groups excluding carboxylic acids is 2. The SMILES string of the molecule is CCc1ccccc1NC(=O)c1nc(C(=O)N2CCCCCC2)c2n1CCCC2. The molecule has 0 saturated carbocycles. The zero-order valence-electron chi connectivity index (χ0n) is 17.2. The van der Waals surface area contributed by atoms with Gasteiger partial charge >= 0.3 is 0 Å². The Labute approximate surface area is 172 Å². The zero-order chi connectivity index (χ0) is 20.2. The maximum absolute atomic E-state index is 13.2. The molecule has 3 heterocycles. The van der Waals surface area contributed by atoms with Crippen LogP contribution in [0.15, 0.2) is 24.3 Å². The number of fused-ring (bicyclic) bond motifs is 1. The van der Waals surface area contributed by atoms with Crippen LogP contribution in [0.2, 0.25) is 0 Å². The number of rotatable bonds is 4. The van der Waals surface area contributed by atoms with Gasteiger partial charge in [0.2, 0.25) is 0 Å². The molecule has 1 N–H and O–H groups in total. The number of amides is 2. The van der Waals surface area contributed by atoms with Gasteiger partial charge in [-0.2, -0.15) is 0 Å². The number of para-hydroxylation sites is 1. The Morgan fingerprint density at radius 2 is 1.72 bits per heavy atom. The van der Waals surface area contributed by atoms with Crippen molar-refractivity contribution in [3.05, 3.63) is 47.0 Å². The average Bonchev–Trinajstić information content (AvgIpc) is 2.93. The van der Waals surface area contributed by atoms with E-state index >= 15 is 0 Å². The molecular weight excluding hydrogens is 364 g/mol. The lowest BCUT2D eigenvalue weighted by atomic mass is 10.1. The lowest BCUT2D eigenvalue weighted by molar-refractivity contribution is 0.0754. The van der Waals surface area contributed by atoms with E-state index in [0.717, 1.165) is 75.1 Å². The van der Waals surface area contributed by atoms with E-state index in [4.69, 9.17) is 0 Å². The fourth-order valence-corrected chi connectivity index (χ4v) is 4.44. The topological polar surface area (TPSA) is 67.2 Å². The highest BCUT2D eigenvalue weighted by Crippen LogP contribution is 2.24. The maximum atomic E-state index is 13.2. The summed E-state index contributed by atoms with van der Waals surface area (Å²) in [6.45, 7) is 4.39. The highest BCUT2D eigenvalue weighted by molar-refractivity contribution is 6.04. The summed E-state index contributed by atoms with van der Waals surface area (Å²) in [5.41, 5.74) is 3.32. The molecule has 2 amide bonds. The number of benzene rings is 1.